The Morgan fingerprint density at radius 3 is 2.52 bits per heavy atom. The van der Waals surface area contributed by atoms with E-state index in [4.69, 9.17) is 4.74 Å². The predicted molar refractivity (Wildman–Crippen MR) is 107 cm³/mol. The Kier molecular flexibility index (Phi) is 6.71. The number of halogens is 1. The molecule has 0 radical (unpaired) electrons. The first-order valence-corrected chi connectivity index (χ1v) is 10.8. The molecule has 1 aliphatic rings. The highest BCUT2D eigenvalue weighted by molar-refractivity contribution is 7.89. The van der Waals surface area contributed by atoms with Crippen LogP contribution < -0.4 is 10.1 Å². The Bertz CT molecular complexity index is 960. The summed E-state index contributed by atoms with van der Waals surface area (Å²) in [5, 5.41) is 2.77. The first-order chi connectivity index (χ1) is 13.9. The molecule has 156 valence electrons. The van der Waals surface area contributed by atoms with Crippen molar-refractivity contribution in [1.29, 1.82) is 0 Å². The van der Waals surface area contributed by atoms with Crippen LogP contribution in [-0.2, 0) is 10.0 Å². The van der Waals surface area contributed by atoms with Crippen LogP contribution in [0.25, 0.3) is 0 Å². The maximum atomic E-state index is 13.4. The molecule has 0 aromatic heterocycles. The van der Waals surface area contributed by atoms with E-state index in [0.29, 0.717) is 13.2 Å². The Labute approximate surface area is 170 Å². The lowest BCUT2D eigenvalue weighted by atomic mass is 10.2. The van der Waals surface area contributed by atoms with E-state index in [1.807, 2.05) is 31.2 Å². The molecule has 0 bridgehead atoms. The van der Waals surface area contributed by atoms with Gasteiger partial charge in [-0.1, -0.05) is 18.2 Å². The summed E-state index contributed by atoms with van der Waals surface area (Å²) >= 11 is 0. The number of carbonyl (C=O) groups excluding carboxylic acids is 1. The van der Waals surface area contributed by atoms with E-state index in [1.54, 1.807) is 4.90 Å². The minimum Gasteiger partial charge on any atom is -0.492 e. The first kappa shape index (κ1) is 21.1. The normalized spacial score (nSPS) is 15.2. The fourth-order valence-electron chi connectivity index (χ4n) is 3.05. The van der Waals surface area contributed by atoms with Crippen LogP contribution in [-0.4, -0.2) is 63.0 Å². The lowest BCUT2D eigenvalue weighted by molar-refractivity contribution is 0.170. The van der Waals surface area contributed by atoms with Crippen LogP contribution in [0.2, 0.25) is 0 Å². The number of urea groups is 1. The predicted octanol–water partition coefficient (Wildman–Crippen LogP) is 2.23. The zero-order chi connectivity index (χ0) is 20.9. The largest absolute Gasteiger partial charge is 0.492 e. The van der Waals surface area contributed by atoms with Crippen molar-refractivity contribution in [3.05, 3.63) is 59.9 Å². The van der Waals surface area contributed by atoms with Gasteiger partial charge in [0.1, 0.15) is 18.2 Å². The highest BCUT2D eigenvalue weighted by Gasteiger charge is 2.30. The minimum atomic E-state index is -3.77. The zero-order valence-corrected chi connectivity index (χ0v) is 17.0. The number of hydrogen-bond acceptors (Lipinski definition) is 4. The Morgan fingerprint density at radius 2 is 1.83 bits per heavy atom. The highest BCUT2D eigenvalue weighted by atomic mass is 32.2. The molecule has 1 N–H and O–H groups in total. The second-order valence-corrected chi connectivity index (χ2v) is 8.68. The van der Waals surface area contributed by atoms with Crippen molar-refractivity contribution >= 4 is 16.1 Å². The molecule has 0 spiro atoms. The van der Waals surface area contributed by atoms with Gasteiger partial charge in [-0.05, 0) is 42.8 Å². The Balaban J connectivity index is 1.44. The molecule has 3 rings (SSSR count). The number of hydrogen-bond donors (Lipinski definition) is 1. The van der Waals surface area contributed by atoms with Crippen molar-refractivity contribution in [2.24, 2.45) is 0 Å². The molecule has 7 nitrogen and oxygen atoms in total. The summed E-state index contributed by atoms with van der Waals surface area (Å²) in [5.41, 5.74) is 1.09. The topological polar surface area (TPSA) is 79.0 Å². The summed E-state index contributed by atoms with van der Waals surface area (Å²) < 4.78 is 45.4. The van der Waals surface area contributed by atoms with Crippen LogP contribution in [0, 0.1) is 12.7 Å². The average molecular weight is 421 g/mol. The van der Waals surface area contributed by atoms with E-state index < -0.39 is 15.8 Å². The number of sulfonamides is 1. The van der Waals surface area contributed by atoms with Crippen molar-refractivity contribution < 1.29 is 22.3 Å². The second-order valence-electron chi connectivity index (χ2n) is 6.75. The molecular weight excluding hydrogens is 397 g/mol. The van der Waals surface area contributed by atoms with E-state index in [1.165, 1.54) is 22.5 Å². The molecule has 1 fully saturated rings. The van der Waals surface area contributed by atoms with Gasteiger partial charge in [0.15, 0.2) is 0 Å². The summed E-state index contributed by atoms with van der Waals surface area (Å²) in [6, 6.07) is 12.3. The van der Waals surface area contributed by atoms with Crippen molar-refractivity contribution in [2.45, 2.75) is 11.8 Å². The third-order valence-corrected chi connectivity index (χ3v) is 6.49. The van der Waals surface area contributed by atoms with Crippen LogP contribution in [0.5, 0.6) is 5.75 Å². The van der Waals surface area contributed by atoms with Gasteiger partial charge >= 0.3 is 6.03 Å². The van der Waals surface area contributed by atoms with Gasteiger partial charge in [-0.3, -0.25) is 0 Å². The average Bonchev–Trinajstić information content (AvgIpc) is 2.71. The van der Waals surface area contributed by atoms with Gasteiger partial charge in [0, 0.05) is 26.2 Å². The van der Waals surface area contributed by atoms with E-state index in [2.05, 4.69) is 5.32 Å². The molecule has 9 heteroatoms. The molecule has 0 saturated carbocycles. The summed E-state index contributed by atoms with van der Waals surface area (Å²) in [5.74, 6) is 0.146. The number of nitrogens with one attached hydrogen (secondary N) is 1. The van der Waals surface area contributed by atoms with Crippen LogP contribution in [0.4, 0.5) is 9.18 Å². The minimum absolute atomic E-state index is 0.0799. The van der Waals surface area contributed by atoms with Crippen LogP contribution in [0.15, 0.2) is 53.4 Å². The number of aryl methyl sites for hydroxylation is 1. The van der Waals surface area contributed by atoms with E-state index in [-0.39, 0.29) is 37.1 Å². The highest BCUT2D eigenvalue weighted by Crippen LogP contribution is 2.18. The molecule has 0 aliphatic carbocycles. The molecule has 2 amide bonds. The van der Waals surface area contributed by atoms with E-state index in [0.717, 1.165) is 17.4 Å². The number of rotatable bonds is 6. The maximum absolute atomic E-state index is 13.4. The van der Waals surface area contributed by atoms with Crippen LogP contribution in [0.1, 0.15) is 5.56 Å². The fraction of sp³-hybridized carbons (Fsp3) is 0.350. The third-order valence-electron chi connectivity index (χ3n) is 4.60. The van der Waals surface area contributed by atoms with Gasteiger partial charge in [0.25, 0.3) is 0 Å². The summed E-state index contributed by atoms with van der Waals surface area (Å²) in [6.07, 6.45) is 0. The monoisotopic (exact) mass is 421 g/mol. The van der Waals surface area contributed by atoms with Gasteiger partial charge in [0.05, 0.1) is 11.4 Å². The lowest BCUT2D eigenvalue weighted by Crippen LogP contribution is -2.53. The van der Waals surface area contributed by atoms with Crippen molar-refractivity contribution in [1.82, 2.24) is 14.5 Å². The molecule has 0 unspecified atom stereocenters. The summed E-state index contributed by atoms with van der Waals surface area (Å²) in [7, 11) is -3.77. The number of carbonyl (C=O) groups is 1. The Morgan fingerprint density at radius 1 is 1.10 bits per heavy atom. The van der Waals surface area contributed by atoms with Gasteiger partial charge in [-0.2, -0.15) is 4.31 Å². The standard InChI is InChI=1S/C20H24FN3O4S/c1-16-4-2-6-18(14-16)28-13-8-22-20(25)23-9-11-24(12-10-23)29(26,27)19-7-3-5-17(21)15-19/h2-7,14-15H,8-13H2,1H3,(H,22,25). The number of benzene rings is 2. The van der Waals surface area contributed by atoms with Gasteiger partial charge in [-0.15, -0.1) is 0 Å². The number of nitrogens with zero attached hydrogens (tertiary/aromatic N) is 2. The molecule has 1 saturated heterocycles. The number of piperazine rings is 1. The summed E-state index contributed by atoms with van der Waals surface area (Å²) in [4.78, 5) is 13.8. The SMILES string of the molecule is Cc1cccc(OCCNC(=O)N2CCN(S(=O)(=O)c3cccc(F)c3)CC2)c1. The quantitative estimate of drug-likeness (QED) is 0.726. The van der Waals surface area contributed by atoms with Crippen molar-refractivity contribution in [2.75, 3.05) is 39.3 Å². The van der Waals surface area contributed by atoms with Crippen molar-refractivity contribution in [3.63, 3.8) is 0 Å². The van der Waals surface area contributed by atoms with E-state index >= 15 is 0 Å². The lowest BCUT2D eigenvalue weighted by Gasteiger charge is -2.34. The van der Waals surface area contributed by atoms with Crippen LogP contribution >= 0.6 is 0 Å². The Hall–Kier alpha value is -2.65. The molecule has 2 aromatic carbocycles. The van der Waals surface area contributed by atoms with Gasteiger partial charge in [-0.25, -0.2) is 17.6 Å². The molecule has 1 heterocycles. The number of amides is 2. The van der Waals surface area contributed by atoms with E-state index in [9.17, 15) is 17.6 Å². The smallest absolute Gasteiger partial charge is 0.317 e. The maximum Gasteiger partial charge on any atom is 0.317 e. The zero-order valence-electron chi connectivity index (χ0n) is 16.2. The van der Waals surface area contributed by atoms with Gasteiger partial charge < -0.3 is 15.0 Å². The molecule has 2 aromatic rings. The molecular formula is C20H24FN3O4S. The first-order valence-electron chi connectivity index (χ1n) is 9.34. The van der Waals surface area contributed by atoms with Crippen LogP contribution in [0.3, 0.4) is 0 Å². The molecule has 1 aliphatic heterocycles. The second kappa shape index (κ2) is 9.23. The third kappa shape index (κ3) is 5.45. The molecule has 29 heavy (non-hydrogen) atoms. The fourth-order valence-corrected chi connectivity index (χ4v) is 4.51. The number of ether oxygens (including phenoxy) is 1. The molecule has 0 atom stereocenters. The van der Waals surface area contributed by atoms with Crippen molar-refractivity contribution in [3.8, 4) is 5.75 Å². The summed E-state index contributed by atoms with van der Waals surface area (Å²) in [6.45, 7) is 3.50. The van der Waals surface area contributed by atoms with Gasteiger partial charge in [0.2, 0.25) is 10.0 Å².